The predicted molar refractivity (Wildman–Crippen MR) is 212 cm³/mol. The molecule has 52 heavy (non-hydrogen) atoms. The first kappa shape index (κ1) is 48.9. The van der Waals surface area contributed by atoms with Gasteiger partial charge >= 0.3 is 0 Å². The zero-order valence-corrected chi connectivity index (χ0v) is 33.6. The van der Waals surface area contributed by atoms with Gasteiger partial charge in [0.25, 0.3) is 0 Å². The number of aliphatic hydroxyl groups excluding tert-OH is 5. The van der Waals surface area contributed by atoms with Crippen molar-refractivity contribution in [1.82, 2.24) is 5.32 Å². The van der Waals surface area contributed by atoms with Crippen molar-refractivity contribution in [3.63, 3.8) is 0 Å². The quantitative estimate of drug-likeness (QED) is 0.0277. The smallest absolute Gasteiger partial charge is 0.220 e. The number of carbonyl (C=O) groups is 1. The van der Waals surface area contributed by atoms with Crippen molar-refractivity contribution < 1.29 is 39.8 Å². The number of hydrogen-bond acceptors (Lipinski definition) is 8. The lowest BCUT2D eigenvalue weighted by atomic mass is 9.99. The average Bonchev–Trinajstić information content (AvgIpc) is 3.14. The van der Waals surface area contributed by atoms with Gasteiger partial charge in [-0.15, -0.1) is 0 Å². The molecule has 2 unspecified atom stereocenters. The van der Waals surface area contributed by atoms with Gasteiger partial charge in [-0.05, 0) is 19.3 Å². The molecule has 0 radical (unpaired) electrons. The van der Waals surface area contributed by atoms with E-state index in [4.69, 9.17) is 9.47 Å². The topological polar surface area (TPSA) is 149 Å². The van der Waals surface area contributed by atoms with Gasteiger partial charge in [0.05, 0.1) is 25.4 Å². The third kappa shape index (κ3) is 25.1. The van der Waals surface area contributed by atoms with Gasteiger partial charge in [-0.25, -0.2) is 0 Å². The molecule has 1 fully saturated rings. The Morgan fingerprint density at radius 1 is 0.635 bits per heavy atom. The van der Waals surface area contributed by atoms with Crippen LogP contribution < -0.4 is 5.32 Å². The first-order valence-corrected chi connectivity index (χ1v) is 21.9. The van der Waals surface area contributed by atoms with Crippen LogP contribution in [0, 0.1) is 0 Å². The van der Waals surface area contributed by atoms with E-state index in [1.807, 2.05) is 6.08 Å². The van der Waals surface area contributed by atoms with Crippen molar-refractivity contribution in [2.75, 3.05) is 13.2 Å². The molecular weight excluding hydrogens is 658 g/mol. The number of ether oxygens (including phenoxy) is 2. The number of allylic oxidation sites excluding steroid dienone is 1. The van der Waals surface area contributed by atoms with Crippen LogP contribution in [0.15, 0.2) is 12.2 Å². The van der Waals surface area contributed by atoms with E-state index in [2.05, 4.69) is 19.2 Å². The average molecular weight is 742 g/mol. The Morgan fingerprint density at radius 2 is 1.06 bits per heavy atom. The molecule has 1 aliphatic heterocycles. The van der Waals surface area contributed by atoms with E-state index < -0.39 is 49.5 Å². The first-order chi connectivity index (χ1) is 25.3. The maximum atomic E-state index is 12.9. The fraction of sp³-hybridized carbons (Fsp3) is 0.930. The van der Waals surface area contributed by atoms with E-state index in [0.717, 1.165) is 38.5 Å². The van der Waals surface area contributed by atoms with Crippen LogP contribution in [0.25, 0.3) is 0 Å². The molecule has 9 nitrogen and oxygen atoms in total. The molecule has 1 aliphatic rings. The summed E-state index contributed by atoms with van der Waals surface area (Å²) in [4.78, 5) is 12.9. The highest BCUT2D eigenvalue weighted by Crippen LogP contribution is 2.22. The SMILES string of the molecule is CCCCCCCCCCCC/C=C/[C@@H](O)[C@H](CO[C@H]1O[C@@H](CO)[C@H](O)C(O)C1O)NC(=O)CCCCCCCCCCCCCCCCCCC. The molecule has 1 saturated heterocycles. The van der Waals surface area contributed by atoms with Crippen LogP contribution in [0.4, 0.5) is 0 Å². The van der Waals surface area contributed by atoms with Crippen molar-refractivity contribution in [1.29, 1.82) is 0 Å². The van der Waals surface area contributed by atoms with Gasteiger partial charge < -0.3 is 40.3 Å². The van der Waals surface area contributed by atoms with Gasteiger partial charge in [0, 0.05) is 6.42 Å². The minimum Gasteiger partial charge on any atom is -0.394 e. The summed E-state index contributed by atoms with van der Waals surface area (Å²) in [6.07, 6.45) is 31.1. The minimum atomic E-state index is -1.56. The number of unbranched alkanes of at least 4 members (excludes halogenated alkanes) is 26. The Balaban J connectivity index is 2.36. The molecule has 308 valence electrons. The highest BCUT2D eigenvalue weighted by atomic mass is 16.7. The summed E-state index contributed by atoms with van der Waals surface area (Å²) in [6.45, 7) is 3.77. The Morgan fingerprint density at radius 3 is 1.50 bits per heavy atom. The number of rotatable bonds is 36. The summed E-state index contributed by atoms with van der Waals surface area (Å²) >= 11 is 0. The standard InChI is InChI=1S/C43H83NO8/c1-3-5-7-9-11-13-15-17-18-19-20-21-23-25-27-29-31-33-39(47)44-36(35-51-43-42(50)41(49)40(48)38(34-45)52-43)37(46)32-30-28-26-24-22-16-14-12-10-8-6-4-2/h30,32,36-38,40-43,45-46,48-50H,3-29,31,33-35H2,1-2H3,(H,44,47)/b32-30+/t36-,37+,38-,40-,41?,42?,43-/m0/s1. The lowest BCUT2D eigenvalue weighted by molar-refractivity contribution is -0.302. The molecule has 0 aromatic carbocycles. The largest absolute Gasteiger partial charge is 0.394 e. The Kier molecular flexibility index (Phi) is 32.4. The fourth-order valence-corrected chi connectivity index (χ4v) is 7.04. The van der Waals surface area contributed by atoms with Crippen molar-refractivity contribution in [3.05, 3.63) is 12.2 Å². The van der Waals surface area contributed by atoms with Gasteiger partial charge in [0.2, 0.25) is 5.91 Å². The summed E-state index contributed by atoms with van der Waals surface area (Å²) in [6, 6.07) is -0.797. The van der Waals surface area contributed by atoms with Crippen molar-refractivity contribution in [2.24, 2.45) is 0 Å². The third-order valence-corrected chi connectivity index (χ3v) is 10.6. The van der Waals surface area contributed by atoms with Crippen LogP contribution in [0.5, 0.6) is 0 Å². The number of amides is 1. The molecule has 0 bridgehead atoms. The highest BCUT2D eigenvalue weighted by molar-refractivity contribution is 5.76. The molecule has 6 N–H and O–H groups in total. The van der Waals surface area contributed by atoms with E-state index in [0.29, 0.717) is 6.42 Å². The van der Waals surface area contributed by atoms with E-state index in [1.54, 1.807) is 6.08 Å². The number of aliphatic hydroxyl groups is 5. The molecule has 1 amide bonds. The van der Waals surface area contributed by atoms with Gasteiger partial charge in [0.1, 0.15) is 24.4 Å². The van der Waals surface area contributed by atoms with Crippen LogP contribution in [-0.4, -0.2) is 87.5 Å². The van der Waals surface area contributed by atoms with E-state index in [1.165, 1.54) is 141 Å². The maximum absolute atomic E-state index is 12.9. The van der Waals surface area contributed by atoms with Gasteiger partial charge in [-0.2, -0.15) is 0 Å². The van der Waals surface area contributed by atoms with Gasteiger partial charge in [-0.3, -0.25) is 4.79 Å². The second-order valence-electron chi connectivity index (χ2n) is 15.5. The third-order valence-electron chi connectivity index (χ3n) is 10.6. The summed E-state index contributed by atoms with van der Waals surface area (Å²) in [5, 5.41) is 54.0. The van der Waals surface area contributed by atoms with E-state index in [9.17, 15) is 30.3 Å². The van der Waals surface area contributed by atoms with E-state index >= 15 is 0 Å². The van der Waals surface area contributed by atoms with Gasteiger partial charge in [-0.1, -0.05) is 187 Å². The van der Waals surface area contributed by atoms with Crippen molar-refractivity contribution in [3.8, 4) is 0 Å². The molecule has 1 rings (SSSR count). The van der Waals surface area contributed by atoms with Gasteiger partial charge in [0.15, 0.2) is 6.29 Å². The zero-order chi connectivity index (χ0) is 38.1. The van der Waals surface area contributed by atoms with Crippen molar-refractivity contribution >= 4 is 5.91 Å². The van der Waals surface area contributed by atoms with Crippen LogP contribution in [0.1, 0.15) is 200 Å². The molecule has 0 spiro atoms. The Bertz CT molecular complexity index is 827. The lowest BCUT2D eigenvalue weighted by Crippen LogP contribution is -2.60. The number of nitrogens with one attached hydrogen (secondary N) is 1. The monoisotopic (exact) mass is 742 g/mol. The molecule has 0 aliphatic carbocycles. The molecule has 0 aromatic heterocycles. The number of hydrogen-bond donors (Lipinski definition) is 6. The molecule has 9 heteroatoms. The normalized spacial score (nSPS) is 21.9. The predicted octanol–water partition coefficient (Wildman–Crippen LogP) is 8.56. The lowest BCUT2D eigenvalue weighted by Gasteiger charge is -2.40. The molecule has 1 heterocycles. The van der Waals surface area contributed by atoms with Crippen LogP contribution in [-0.2, 0) is 14.3 Å². The van der Waals surface area contributed by atoms with Crippen LogP contribution in [0.2, 0.25) is 0 Å². The Labute approximate surface area is 318 Å². The summed E-state index contributed by atoms with van der Waals surface area (Å²) < 4.78 is 11.2. The fourth-order valence-electron chi connectivity index (χ4n) is 7.04. The highest BCUT2D eigenvalue weighted by Gasteiger charge is 2.44. The van der Waals surface area contributed by atoms with E-state index in [-0.39, 0.29) is 12.5 Å². The first-order valence-electron chi connectivity index (χ1n) is 21.9. The van der Waals surface area contributed by atoms with Crippen LogP contribution in [0.3, 0.4) is 0 Å². The van der Waals surface area contributed by atoms with Crippen molar-refractivity contribution in [2.45, 2.75) is 243 Å². The second-order valence-corrected chi connectivity index (χ2v) is 15.5. The summed E-state index contributed by atoms with van der Waals surface area (Å²) in [5.41, 5.74) is 0. The number of carbonyl (C=O) groups excluding carboxylic acids is 1. The molecule has 7 atom stereocenters. The minimum absolute atomic E-state index is 0.175. The van der Waals surface area contributed by atoms with Crippen LogP contribution >= 0.6 is 0 Å². The Hall–Kier alpha value is -1.07. The molecule has 0 saturated carbocycles. The second kappa shape index (κ2) is 34.4. The molecule has 0 aromatic rings. The zero-order valence-electron chi connectivity index (χ0n) is 33.6. The molecular formula is C43H83NO8. The maximum Gasteiger partial charge on any atom is 0.220 e. The summed E-state index contributed by atoms with van der Waals surface area (Å²) in [5.74, 6) is -0.175. The summed E-state index contributed by atoms with van der Waals surface area (Å²) in [7, 11) is 0.